The lowest BCUT2D eigenvalue weighted by Crippen LogP contribution is -2.46. The Morgan fingerprint density at radius 2 is 1.90 bits per heavy atom. The number of rotatable bonds is 2. The lowest BCUT2D eigenvalue weighted by atomic mass is 10.1. The van der Waals surface area contributed by atoms with Crippen molar-refractivity contribution in [3.63, 3.8) is 0 Å². The highest BCUT2D eigenvalue weighted by atomic mass is 16.4. The van der Waals surface area contributed by atoms with E-state index in [-0.39, 0.29) is 0 Å². The van der Waals surface area contributed by atoms with Crippen LogP contribution in [0.25, 0.3) is 0 Å². The van der Waals surface area contributed by atoms with Crippen LogP contribution in [-0.2, 0) is 17.8 Å². The van der Waals surface area contributed by atoms with E-state index in [0.717, 1.165) is 37.2 Å². The fraction of sp³-hybridized carbons (Fsp3) is 0.625. The first-order valence-electron chi connectivity index (χ1n) is 7.56. The molecule has 20 heavy (non-hydrogen) atoms. The summed E-state index contributed by atoms with van der Waals surface area (Å²) in [6.45, 7) is 3.08. The fourth-order valence-corrected chi connectivity index (χ4v) is 2.67. The molecular formula is C16H23N2O2-. The molecule has 1 unspecified atom stereocenters. The third kappa shape index (κ3) is 4.30. The van der Waals surface area contributed by atoms with Gasteiger partial charge in [0.25, 0.3) is 0 Å². The maximum Gasteiger partial charge on any atom is 0.0583 e. The van der Waals surface area contributed by atoms with Crippen molar-refractivity contribution in [1.82, 2.24) is 9.88 Å². The van der Waals surface area contributed by atoms with Crippen LogP contribution in [0, 0.1) is 0 Å². The Morgan fingerprint density at radius 1 is 1.20 bits per heavy atom. The van der Waals surface area contributed by atoms with Crippen LogP contribution in [0.5, 0.6) is 0 Å². The molecule has 0 radical (unpaired) electrons. The van der Waals surface area contributed by atoms with Gasteiger partial charge in [-0.25, -0.2) is 0 Å². The van der Waals surface area contributed by atoms with Gasteiger partial charge in [-0.1, -0.05) is 25.3 Å². The molecule has 1 atom stereocenters. The molecule has 0 saturated carbocycles. The maximum absolute atomic E-state index is 11.1. The van der Waals surface area contributed by atoms with E-state index in [0.29, 0.717) is 6.54 Å². The lowest BCUT2D eigenvalue weighted by molar-refractivity contribution is -0.311. The highest BCUT2D eigenvalue weighted by molar-refractivity contribution is 5.70. The zero-order valence-electron chi connectivity index (χ0n) is 12.2. The van der Waals surface area contributed by atoms with E-state index in [4.69, 9.17) is 0 Å². The number of aromatic nitrogens is 1. The van der Waals surface area contributed by atoms with Crippen molar-refractivity contribution in [3.05, 3.63) is 29.6 Å². The zero-order chi connectivity index (χ0) is 14.4. The quantitative estimate of drug-likeness (QED) is 0.821. The van der Waals surface area contributed by atoms with Crippen molar-refractivity contribution in [2.24, 2.45) is 0 Å². The molecule has 2 heterocycles. The SMILES string of the molecule is CC(C(=O)[O-])N1CCCCCCCc2cccc(n2)C1. The van der Waals surface area contributed by atoms with Crippen LogP contribution < -0.4 is 5.11 Å². The van der Waals surface area contributed by atoms with Crippen molar-refractivity contribution >= 4 is 5.97 Å². The number of carboxylic acid groups (broad SMARTS) is 1. The second-order valence-electron chi connectivity index (χ2n) is 5.60. The number of hydrogen-bond donors (Lipinski definition) is 0. The molecule has 2 rings (SSSR count). The molecule has 4 heteroatoms. The second kappa shape index (κ2) is 7.39. The van der Waals surface area contributed by atoms with Gasteiger partial charge in [0, 0.05) is 18.3 Å². The Labute approximate surface area is 120 Å². The summed E-state index contributed by atoms with van der Waals surface area (Å²) in [6, 6.07) is 5.49. The van der Waals surface area contributed by atoms with Crippen molar-refractivity contribution in [2.45, 2.75) is 58.0 Å². The Bertz CT molecular complexity index is 448. The summed E-state index contributed by atoms with van der Waals surface area (Å²) in [5.41, 5.74) is 2.07. The van der Waals surface area contributed by atoms with E-state index >= 15 is 0 Å². The van der Waals surface area contributed by atoms with E-state index in [2.05, 4.69) is 11.1 Å². The molecule has 0 aliphatic carbocycles. The summed E-state index contributed by atoms with van der Waals surface area (Å²) >= 11 is 0. The van der Waals surface area contributed by atoms with Crippen molar-refractivity contribution < 1.29 is 9.90 Å². The topological polar surface area (TPSA) is 56.3 Å². The highest BCUT2D eigenvalue weighted by Gasteiger charge is 2.16. The first-order valence-corrected chi connectivity index (χ1v) is 7.56. The zero-order valence-corrected chi connectivity index (χ0v) is 12.2. The Kier molecular flexibility index (Phi) is 5.53. The van der Waals surface area contributed by atoms with Crippen molar-refractivity contribution in [3.8, 4) is 0 Å². The molecule has 110 valence electrons. The summed E-state index contributed by atoms with van der Waals surface area (Å²) < 4.78 is 0. The Morgan fingerprint density at radius 3 is 2.70 bits per heavy atom. The van der Waals surface area contributed by atoms with Gasteiger partial charge >= 0.3 is 0 Å². The molecule has 0 fully saturated rings. The van der Waals surface area contributed by atoms with E-state index in [1.807, 2.05) is 17.0 Å². The lowest BCUT2D eigenvalue weighted by Gasteiger charge is -2.29. The maximum atomic E-state index is 11.1. The van der Waals surface area contributed by atoms with Crippen molar-refractivity contribution in [2.75, 3.05) is 6.54 Å². The second-order valence-corrected chi connectivity index (χ2v) is 5.60. The number of fused-ring (bicyclic) bond motifs is 2. The van der Waals surface area contributed by atoms with E-state index in [1.54, 1.807) is 6.92 Å². The highest BCUT2D eigenvalue weighted by Crippen LogP contribution is 2.14. The molecule has 4 nitrogen and oxygen atoms in total. The number of aliphatic carboxylic acids is 1. The van der Waals surface area contributed by atoms with Crippen LogP contribution in [0.2, 0.25) is 0 Å². The summed E-state index contributed by atoms with van der Waals surface area (Å²) in [7, 11) is 0. The third-order valence-corrected chi connectivity index (χ3v) is 4.00. The van der Waals surface area contributed by atoms with Crippen LogP contribution in [0.3, 0.4) is 0 Å². The molecule has 0 amide bonds. The van der Waals surface area contributed by atoms with Crippen LogP contribution in [-0.4, -0.2) is 28.4 Å². The summed E-state index contributed by atoms with van der Waals surface area (Å²) in [6.07, 6.45) is 6.85. The number of carboxylic acids is 1. The number of nitrogens with zero attached hydrogens (tertiary/aromatic N) is 2. The van der Waals surface area contributed by atoms with Gasteiger partial charge in [0.15, 0.2) is 0 Å². The largest absolute Gasteiger partial charge is 0.548 e. The number of hydrogen-bond acceptors (Lipinski definition) is 4. The van der Waals surface area contributed by atoms with Gasteiger partial charge in [-0.3, -0.25) is 9.88 Å². The summed E-state index contributed by atoms with van der Waals surface area (Å²) in [5.74, 6) is -1.01. The number of aryl methyl sites for hydroxylation is 1. The van der Waals surface area contributed by atoms with Gasteiger partial charge in [-0.2, -0.15) is 0 Å². The van der Waals surface area contributed by atoms with Crippen LogP contribution >= 0.6 is 0 Å². The van der Waals surface area contributed by atoms with Crippen LogP contribution in [0.1, 0.15) is 50.4 Å². The molecule has 1 aromatic heterocycles. The minimum Gasteiger partial charge on any atom is -0.548 e. The average Bonchev–Trinajstić information content (AvgIpc) is 2.43. The average molecular weight is 275 g/mol. The van der Waals surface area contributed by atoms with Gasteiger partial charge in [-0.05, 0) is 44.9 Å². The van der Waals surface area contributed by atoms with E-state index in [1.165, 1.54) is 19.3 Å². The summed E-state index contributed by atoms with van der Waals surface area (Å²) in [5, 5.41) is 11.1. The molecular weight excluding hydrogens is 252 g/mol. The van der Waals surface area contributed by atoms with Gasteiger partial charge in [0.1, 0.15) is 0 Å². The van der Waals surface area contributed by atoms with Gasteiger partial charge in [0.05, 0.1) is 11.7 Å². The van der Waals surface area contributed by atoms with Gasteiger partial charge in [-0.15, -0.1) is 0 Å². The molecule has 0 aromatic carbocycles. The van der Waals surface area contributed by atoms with Gasteiger partial charge < -0.3 is 9.90 Å². The van der Waals surface area contributed by atoms with Crippen LogP contribution in [0.15, 0.2) is 18.2 Å². The third-order valence-electron chi connectivity index (χ3n) is 4.00. The predicted molar refractivity (Wildman–Crippen MR) is 75.9 cm³/mol. The van der Waals surface area contributed by atoms with E-state index in [9.17, 15) is 9.90 Å². The molecule has 0 saturated heterocycles. The normalized spacial score (nSPS) is 19.6. The number of carbonyl (C=O) groups excluding carboxylic acids is 1. The molecule has 2 bridgehead atoms. The van der Waals surface area contributed by atoms with Crippen molar-refractivity contribution in [1.29, 1.82) is 0 Å². The van der Waals surface area contributed by atoms with Crippen LogP contribution in [0.4, 0.5) is 0 Å². The monoisotopic (exact) mass is 275 g/mol. The van der Waals surface area contributed by atoms with Gasteiger partial charge in [0.2, 0.25) is 0 Å². The first kappa shape index (κ1) is 15.0. The molecule has 1 aromatic rings. The smallest absolute Gasteiger partial charge is 0.0583 e. The minimum absolute atomic E-state index is 0.566. The molecule has 0 N–H and O–H groups in total. The number of pyridine rings is 1. The molecule has 0 spiro atoms. The number of carbonyl (C=O) groups is 1. The minimum atomic E-state index is -1.01. The standard InChI is InChI=1S/C16H24N2O2/c1-13(16(19)20)18-11-6-4-2-3-5-8-14-9-7-10-15(12-18)17-14/h7,9-10,13H,2-6,8,11-12H2,1H3,(H,19,20)/p-1. The summed E-state index contributed by atoms with van der Waals surface area (Å²) in [4.78, 5) is 17.7. The Balaban J connectivity index is 2.15. The van der Waals surface area contributed by atoms with E-state index < -0.39 is 12.0 Å². The fourth-order valence-electron chi connectivity index (χ4n) is 2.67. The molecule has 1 aliphatic heterocycles. The Hall–Kier alpha value is -1.42. The molecule has 1 aliphatic rings. The first-order chi connectivity index (χ1) is 9.66. The predicted octanol–water partition coefficient (Wildman–Crippen LogP) is 1.53.